The number of alkyl halides is 3. The number of guanidine groups is 1. The third kappa shape index (κ3) is 12.8. The Balaban J connectivity index is 0.00000576. The lowest BCUT2D eigenvalue weighted by Crippen LogP contribution is -2.39. The number of hydrogen-bond donors (Lipinski definition) is 2. The van der Waals surface area contributed by atoms with E-state index >= 15 is 0 Å². The lowest BCUT2D eigenvalue weighted by molar-refractivity contribution is -0.132. The summed E-state index contributed by atoms with van der Waals surface area (Å²) in [7, 11) is 0. The fourth-order valence-corrected chi connectivity index (χ4v) is 1.89. The Morgan fingerprint density at radius 1 is 1.12 bits per heavy atom. The minimum atomic E-state index is -4.16. The molecule has 0 atom stereocenters. The molecule has 1 rings (SSSR count). The van der Waals surface area contributed by atoms with Crippen LogP contribution in [0, 0.1) is 6.92 Å². The lowest BCUT2D eigenvalue weighted by Gasteiger charge is -2.12. The molecule has 0 radical (unpaired) electrons. The van der Waals surface area contributed by atoms with Gasteiger partial charge in [0.25, 0.3) is 0 Å². The fourth-order valence-electron chi connectivity index (χ4n) is 1.89. The summed E-state index contributed by atoms with van der Waals surface area (Å²) in [6.45, 7) is 5.46. The van der Waals surface area contributed by atoms with Gasteiger partial charge < -0.3 is 15.4 Å². The summed E-state index contributed by atoms with van der Waals surface area (Å²) < 4.78 is 42.0. The first-order chi connectivity index (χ1) is 11.4. The van der Waals surface area contributed by atoms with Crippen molar-refractivity contribution in [3.05, 3.63) is 29.8 Å². The van der Waals surface area contributed by atoms with E-state index in [4.69, 9.17) is 4.74 Å². The SMILES string of the molecule is CCNC(=NCCCCOc1ccc(C)cc1)NCCC(F)(F)F.I. The van der Waals surface area contributed by atoms with Crippen LogP contribution < -0.4 is 15.4 Å². The number of aryl methyl sites for hydroxylation is 1. The van der Waals surface area contributed by atoms with Gasteiger partial charge in [-0.15, -0.1) is 24.0 Å². The Bertz CT molecular complexity index is 493. The van der Waals surface area contributed by atoms with Crippen molar-refractivity contribution in [3.63, 3.8) is 0 Å². The second-order valence-electron chi connectivity index (χ2n) is 5.42. The van der Waals surface area contributed by atoms with Gasteiger partial charge in [-0.05, 0) is 38.8 Å². The molecular weight excluding hydrogens is 446 g/mol. The molecule has 8 heteroatoms. The van der Waals surface area contributed by atoms with E-state index in [1.54, 1.807) is 0 Å². The van der Waals surface area contributed by atoms with Crippen LogP contribution in [0.25, 0.3) is 0 Å². The molecule has 0 aliphatic rings. The van der Waals surface area contributed by atoms with Crippen LogP contribution in [0.5, 0.6) is 5.75 Å². The molecule has 2 N–H and O–H groups in total. The van der Waals surface area contributed by atoms with Gasteiger partial charge in [-0.25, -0.2) is 0 Å². The molecule has 0 bridgehead atoms. The van der Waals surface area contributed by atoms with Crippen LogP contribution in [0.1, 0.15) is 31.7 Å². The highest BCUT2D eigenvalue weighted by molar-refractivity contribution is 14.0. The Labute approximate surface area is 164 Å². The molecule has 0 fully saturated rings. The van der Waals surface area contributed by atoms with Crippen LogP contribution in [-0.4, -0.2) is 38.4 Å². The van der Waals surface area contributed by atoms with Crippen molar-refractivity contribution in [2.45, 2.75) is 39.3 Å². The number of aliphatic imine (C=N–C) groups is 1. The molecule has 0 spiro atoms. The predicted molar refractivity (Wildman–Crippen MR) is 106 cm³/mol. The second kappa shape index (κ2) is 13.1. The Kier molecular flexibility index (Phi) is 12.5. The first-order valence-electron chi connectivity index (χ1n) is 8.19. The Morgan fingerprint density at radius 3 is 2.40 bits per heavy atom. The monoisotopic (exact) mass is 473 g/mol. The minimum absolute atomic E-state index is 0. The highest BCUT2D eigenvalue weighted by Gasteiger charge is 2.26. The first kappa shape index (κ1) is 23.8. The summed E-state index contributed by atoms with van der Waals surface area (Å²) >= 11 is 0. The third-order valence-corrected chi connectivity index (χ3v) is 3.16. The smallest absolute Gasteiger partial charge is 0.390 e. The minimum Gasteiger partial charge on any atom is -0.494 e. The van der Waals surface area contributed by atoms with E-state index in [0.29, 0.717) is 25.7 Å². The molecule has 0 aliphatic carbocycles. The highest BCUT2D eigenvalue weighted by atomic mass is 127. The van der Waals surface area contributed by atoms with E-state index in [1.165, 1.54) is 5.56 Å². The maximum atomic E-state index is 12.1. The van der Waals surface area contributed by atoms with Gasteiger partial charge in [0.1, 0.15) is 5.75 Å². The van der Waals surface area contributed by atoms with Crippen molar-refractivity contribution in [2.24, 2.45) is 4.99 Å². The molecule has 144 valence electrons. The molecule has 0 amide bonds. The topological polar surface area (TPSA) is 45.7 Å². The van der Waals surface area contributed by atoms with Crippen LogP contribution in [0.3, 0.4) is 0 Å². The molecule has 0 aliphatic heterocycles. The molecule has 25 heavy (non-hydrogen) atoms. The number of nitrogens with zero attached hydrogens (tertiary/aromatic N) is 1. The van der Waals surface area contributed by atoms with Gasteiger partial charge in [0.15, 0.2) is 5.96 Å². The van der Waals surface area contributed by atoms with Crippen molar-refractivity contribution in [1.82, 2.24) is 10.6 Å². The average Bonchev–Trinajstić information content (AvgIpc) is 2.51. The average molecular weight is 473 g/mol. The predicted octanol–water partition coefficient (Wildman–Crippen LogP) is 4.28. The van der Waals surface area contributed by atoms with Crippen molar-refractivity contribution in [2.75, 3.05) is 26.2 Å². The van der Waals surface area contributed by atoms with Crippen LogP contribution in [0.2, 0.25) is 0 Å². The second-order valence-corrected chi connectivity index (χ2v) is 5.42. The van der Waals surface area contributed by atoms with Gasteiger partial charge in [0.2, 0.25) is 0 Å². The zero-order valence-electron chi connectivity index (χ0n) is 14.7. The normalized spacial score (nSPS) is 11.6. The summed E-state index contributed by atoms with van der Waals surface area (Å²) in [6, 6.07) is 7.85. The molecular formula is C17H27F3IN3O. The summed E-state index contributed by atoms with van der Waals surface area (Å²) in [5.74, 6) is 1.26. The zero-order chi connectivity index (χ0) is 17.8. The molecule has 4 nitrogen and oxygen atoms in total. The number of halogens is 4. The summed E-state index contributed by atoms with van der Waals surface area (Å²) in [4.78, 5) is 4.26. The van der Waals surface area contributed by atoms with Gasteiger partial charge in [-0.1, -0.05) is 17.7 Å². The number of hydrogen-bond acceptors (Lipinski definition) is 2. The van der Waals surface area contributed by atoms with E-state index in [9.17, 15) is 13.2 Å². The van der Waals surface area contributed by atoms with E-state index in [0.717, 1.165) is 18.6 Å². The Morgan fingerprint density at radius 2 is 1.80 bits per heavy atom. The molecule has 0 heterocycles. The van der Waals surface area contributed by atoms with Crippen molar-refractivity contribution < 1.29 is 17.9 Å². The molecule has 0 saturated carbocycles. The van der Waals surface area contributed by atoms with Gasteiger partial charge >= 0.3 is 6.18 Å². The first-order valence-corrected chi connectivity index (χ1v) is 8.19. The maximum Gasteiger partial charge on any atom is 0.390 e. The highest BCUT2D eigenvalue weighted by Crippen LogP contribution is 2.18. The molecule has 1 aromatic rings. The zero-order valence-corrected chi connectivity index (χ0v) is 17.0. The van der Waals surface area contributed by atoms with Crippen LogP contribution in [0.4, 0.5) is 13.2 Å². The fraction of sp³-hybridized carbons (Fsp3) is 0.588. The van der Waals surface area contributed by atoms with Crippen LogP contribution in [0.15, 0.2) is 29.3 Å². The quantitative estimate of drug-likeness (QED) is 0.244. The van der Waals surface area contributed by atoms with E-state index < -0.39 is 12.6 Å². The van der Waals surface area contributed by atoms with E-state index in [2.05, 4.69) is 15.6 Å². The number of benzene rings is 1. The van der Waals surface area contributed by atoms with Gasteiger partial charge in [-0.2, -0.15) is 13.2 Å². The third-order valence-electron chi connectivity index (χ3n) is 3.16. The molecule has 1 aromatic carbocycles. The number of ether oxygens (including phenoxy) is 1. The van der Waals surface area contributed by atoms with Gasteiger partial charge in [0.05, 0.1) is 13.0 Å². The van der Waals surface area contributed by atoms with Crippen molar-refractivity contribution >= 4 is 29.9 Å². The van der Waals surface area contributed by atoms with Crippen molar-refractivity contribution in [3.8, 4) is 5.75 Å². The Hall–Kier alpha value is -1.19. The largest absolute Gasteiger partial charge is 0.494 e. The van der Waals surface area contributed by atoms with E-state index in [-0.39, 0.29) is 30.5 Å². The standard InChI is InChI=1S/C17H26F3N3O.HI/c1-3-21-16(23-12-10-17(18,19)20)22-11-4-5-13-24-15-8-6-14(2)7-9-15;/h6-9H,3-5,10-13H2,1-2H3,(H2,21,22,23);1H. The summed E-state index contributed by atoms with van der Waals surface area (Å²) in [5.41, 5.74) is 1.19. The molecule has 0 aromatic heterocycles. The van der Waals surface area contributed by atoms with Crippen LogP contribution in [-0.2, 0) is 0 Å². The molecule has 0 unspecified atom stereocenters. The molecule has 0 saturated heterocycles. The van der Waals surface area contributed by atoms with Crippen molar-refractivity contribution in [1.29, 1.82) is 0 Å². The lowest BCUT2D eigenvalue weighted by atomic mass is 10.2. The summed E-state index contributed by atoms with van der Waals surface area (Å²) in [5, 5.41) is 5.62. The number of rotatable bonds is 9. The van der Waals surface area contributed by atoms with E-state index in [1.807, 2.05) is 38.1 Å². The van der Waals surface area contributed by atoms with Gasteiger partial charge in [-0.3, -0.25) is 4.99 Å². The maximum absolute atomic E-state index is 12.1. The van der Waals surface area contributed by atoms with Gasteiger partial charge in [0, 0.05) is 19.6 Å². The summed E-state index contributed by atoms with van der Waals surface area (Å²) in [6.07, 6.45) is -3.39. The number of nitrogens with one attached hydrogen (secondary N) is 2. The number of unbranched alkanes of at least 4 members (excludes halogenated alkanes) is 1. The van der Waals surface area contributed by atoms with Crippen LogP contribution >= 0.6 is 24.0 Å².